The molecule has 1 aromatic rings. The summed E-state index contributed by atoms with van der Waals surface area (Å²) in [4.78, 5) is 12.3. The predicted molar refractivity (Wildman–Crippen MR) is 114 cm³/mol. The summed E-state index contributed by atoms with van der Waals surface area (Å²) >= 11 is 0. The average molecular weight is 377 g/mol. The Morgan fingerprint density at radius 2 is 1.86 bits per heavy atom. The molecule has 1 heterocycles. The van der Waals surface area contributed by atoms with Crippen LogP contribution in [-0.4, -0.2) is 11.5 Å². The summed E-state index contributed by atoms with van der Waals surface area (Å²) in [6.07, 6.45) is 11.7. The van der Waals surface area contributed by atoms with Crippen LogP contribution in [0.4, 0.5) is 5.69 Å². The van der Waals surface area contributed by atoms with Crippen LogP contribution >= 0.6 is 0 Å². The van der Waals surface area contributed by atoms with Crippen molar-refractivity contribution in [1.82, 2.24) is 0 Å². The van der Waals surface area contributed by atoms with Gasteiger partial charge in [-0.05, 0) is 80.8 Å². The third-order valence-corrected chi connectivity index (χ3v) is 8.85. The van der Waals surface area contributed by atoms with Crippen molar-refractivity contribution < 1.29 is 4.79 Å². The van der Waals surface area contributed by atoms with Crippen molar-refractivity contribution in [3.05, 3.63) is 42.6 Å². The van der Waals surface area contributed by atoms with E-state index in [-0.39, 0.29) is 16.7 Å². The Morgan fingerprint density at radius 3 is 2.61 bits per heavy atom. The molecule has 3 aliphatic carbocycles. The van der Waals surface area contributed by atoms with Gasteiger partial charge in [-0.2, -0.15) is 5.10 Å². The quantitative estimate of drug-likeness (QED) is 0.651. The third kappa shape index (κ3) is 2.47. The standard InChI is InChI=1S/C25H32N2O/c1-17(28)20-10-11-21-19-9-12-23-25(3,22(19)13-14-24(20,21)2)15-16-27(26-23)18-7-5-4-6-8-18/h4-8,15-16,19-22H,9-14H2,1-3H3/t19-,20+,21-,22-,24+,25+/m0/s1. The number of carbonyl (C=O) groups excluding carboxylic acids is 1. The average Bonchev–Trinajstić information content (AvgIpc) is 3.05. The highest BCUT2D eigenvalue weighted by Gasteiger charge is 2.59. The largest absolute Gasteiger partial charge is 0.300 e. The van der Waals surface area contributed by atoms with Crippen molar-refractivity contribution in [3.8, 4) is 0 Å². The number of allylic oxidation sites excluding steroid dienone is 1. The Hall–Kier alpha value is -1.90. The fourth-order valence-electron chi connectivity index (χ4n) is 7.38. The number of ketones is 1. The van der Waals surface area contributed by atoms with Gasteiger partial charge in [-0.3, -0.25) is 4.79 Å². The van der Waals surface area contributed by atoms with Gasteiger partial charge < -0.3 is 0 Å². The third-order valence-electron chi connectivity index (χ3n) is 8.85. The van der Waals surface area contributed by atoms with E-state index >= 15 is 0 Å². The second-order valence-electron chi connectivity index (χ2n) is 10.0. The number of hydrogen-bond acceptors (Lipinski definition) is 3. The van der Waals surface area contributed by atoms with Crippen LogP contribution in [0.3, 0.4) is 0 Å². The summed E-state index contributed by atoms with van der Waals surface area (Å²) in [5.41, 5.74) is 2.78. The second kappa shape index (κ2) is 6.30. The minimum absolute atomic E-state index is 0.0733. The zero-order chi connectivity index (χ0) is 19.5. The van der Waals surface area contributed by atoms with E-state index in [4.69, 9.17) is 5.10 Å². The normalized spacial score (nSPS) is 41.7. The van der Waals surface area contributed by atoms with Crippen LogP contribution in [0.1, 0.15) is 59.3 Å². The molecule has 3 saturated carbocycles. The molecule has 0 spiro atoms. The van der Waals surface area contributed by atoms with Crippen molar-refractivity contribution in [3.63, 3.8) is 0 Å². The van der Waals surface area contributed by atoms with Gasteiger partial charge in [0.1, 0.15) is 5.78 Å². The van der Waals surface area contributed by atoms with Gasteiger partial charge in [0, 0.05) is 23.2 Å². The smallest absolute Gasteiger partial charge is 0.133 e. The maximum Gasteiger partial charge on any atom is 0.133 e. The van der Waals surface area contributed by atoms with Crippen molar-refractivity contribution in [2.75, 3.05) is 5.01 Å². The lowest BCUT2D eigenvalue weighted by atomic mass is 9.48. The SMILES string of the molecule is CC(=O)[C@H]1CC[C@H]2[C@@H]3CCC4=NN(c5ccccc5)C=C[C@]4(C)[C@H]3CC[C@]12C. The van der Waals surface area contributed by atoms with Gasteiger partial charge in [0.2, 0.25) is 0 Å². The molecule has 1 aliphatic heterocycles. The van der Waals surface area contributed by atoms with Gasteiger partial charge in [-0.25, -0.2) is 5.01 Å². The number of hydrogen-bond donors (Lipinski definition) is 0. The maximum absolute atomic E-state index is 12.3. The van der Waals surface area contributed by atoms with Crippen LogP contribution in [0.25, 0.3) is 0 Å². The topological polar surface area (TPSA) is 32.7 Å². The van der Waals surface area contributed by atoms with Gasteiger partial charge in [-0.1, -0.05) is 38.1 Å². The molecule has 3 fully saturated rings. The van der Waals surface area contributed by atoms with E-state index in [0.717, 1.165) is 24.4 Å². The molecule has 3 nitrogen and oxygen atoms in total. The molecule has 0 bridgehead atoms. The van der Waals surface area contributed by atoms with E-state index in [2.05, 4.69) is 56.5 Å². The molecule has 4 aliphatic rings. The minimum atomic E-state index is 0.0733. The molecule has 28 heavy (non-hydrogen) atoms. The Morgan fingerprint density at radius 1 is 1.07 bits per heavy atom. The van der Waals surface area contributed by atoms with E-state index < -0.39 is 0 Å². The van der Waals surface area contributed by atoms with Crippen molar-refractivity contribution in [1.29, 1.82) is 0 Å². The molecule has 0 unspecified atom stereocenters. The van der Waals surface area contributed by atoms with Crippen molar-refractivity contribution in [2.24, 2.45) is 39.6 Å². The second-order valence-corrected chi connectivity index (χ2v) is 10.0. The van der Waals surface area contributed by atoms with E-state index in [0.29, 0.717) is 17.6 Å². The Balaban J connectivity index is 1.44. The Bertz CT molecular complexity index is 843. The highest BCUT2D eigenvalue weighted by Crippen LogP contribution is 2.64. The summed E-state index contributed by atoms with van der Waals surface area (Å²) in [7, 11) is 0. The lowest BCUT2D eigenvalue weighted by Gasteiger charge is -2.56. The number of benzene rings is 1. The molecule has 1 aromatic carbocycles. The number of rotatable bonds is 2. The van der Waals surface area contributed by atoms with Gasteiger partial charge in [-0.15, -0.1) is 0 Å². The molecule has 3 heteroatoms. The summed E-state index contributed by atoms with van der Waals surface area (Å²) < 4.78 is 0. The van der Waals surface area contributed by atoms with Crippen LogP contribution in [0.2, 0.25) is 0 Å². The molecule has 0 N–H and O–H groups in total. The van der Waals surface area contributed by atoms with Crippen molar-refractivity contribution in [2.45, 2.75) is 59.3 Å². The van der Waals surface area contributed by atoms with Crippen LogP contribution in [-0.2, 0) is 4.79 Å². The predicted octanol–water partition coefficient (Wildman–Crippen LogP) is 5.82. The van der Waals surface area contributed by atoms with Crippen molar-refractivity contribution >= 4 is 17.2 Å². The molecule has 148 valence electrons. The Kier molecular flexibility index (Phi) is 4.08. The number of para-hydroxylation sites is 1. The lowest BCUT2D eigenvalue weighted by molar-refractivity contribution is -0.126. The first-order chi connectivity index (χ1) is 13.4. The summed E-state index contributed by atoms with van der Waals surface area (Å²) in [5.74, 6) is 2.82. The van der Waals surface area contributed by atoms with E-state index in [9.17, 15) is 4.79 Å². The number of anilines is 1. The zero-order valence-corrected chi connectivity index (χ0v) is 17.4. The van der Waals surface area contributed by atoms with Gasteiger partial charge in [0.25, 0.3) is 0 Å². The van der Waals surface area contributed by atoms with Crippen LogP contribution in [0, 0.1) is 34.5 Å². The monoisotopic (exact) mass is 376 g/mol. The van der Waals surface area contributed by atoms with E-state index in [1.54, 1.807) is 0 Å². The van der Waals surface area contributed by atoms with Gasteiger partial charge in [0.05, 0.1) is 5.69 Å². The highest BCUT2D eigenvalue weighted by atomic mass is 16.1. The summed E-state index contributed by atoms with van der Waals surface area (Å²) in [5, 5.41) is 7.14. The highest BCUT2D eigenvalue weighted by molar-refractivity contribution is 5.94. The van der Waals surface area contributed by atoms with Gasteiger partial charge in [0.15, 0.2) is 0 Å². The molecule has 0 radical (unpaired) electrons. The molecule has 5 rings (SSSR count). The first-order valence-electron chi connectivity index (χ1n) is 11.1. The number of carbonyl (C=O) groups is 1. The molecule has 0 amide bonds. The lowest BCUT2D eigenvalue weighted by Crippen LogP contribution is -2.53. The number of Topliss-reactive ketones (excluding diaryl/α,β-unsaturated/α-hetero) is 1. The first kappa shape index (κ1) is 18.1. The van der Waals surface area contributed by atoms with Crippen LogP contribution < -0.4 is 5.01 Å². The molecule has 6 atom stereocenters. The van der Waals surface area contributed by atoms with Gasteiger partial charge >= 0.3 is 0 Å². The van der Waals surface area contributed by atoms with Crippen LogP contribution in [0.15, 0.2) is 47.7 Å². The molecule has 0 aromatic heterocycles. The van der Waals surface area contributed by atoms with Crippen LogP contribution in [0.5, 0.6) is 0 Å². The van der Waals surface area contributed by atoms with E-state index in [1.807, 2.05) is 11.9 Å². The fraction of sp³-hybridized carbons (Fsp3) is 0.600. The van der Waals surface area contributed by atoms with E-state index in [1.165, 1.54) is 31.4 Å². The molecular weight excluding hydrogens is 344 g/mol. The first-order valence-corrected chi connectivity index (χ1v) is 11.1. The maximum atomic E-state index is 12.3. The molecular formula is C25H32N2O. The summed E-state index contributed by atoms with van der Waals surface area (Å²) in [6.45, 7) is 6.66. The number of hydrazone groups is 1. The molecule has 0 saturated heterocycles. The Labute approximate surface area is 168 Å². The summed E-state index contributed by atoms with van der Waals surface area (Å²) in [6, 6.07) is 10.4. The number of fused-ring (bicyclic) bond motifs is 5. The number of nitrogens with zero attached hydrogens (tertiary/aromatic N) is 2. The minimum Gasteiger partial charge on any atom is -0.300 e. The fourth-order valence-corrected chi connectivity index (χ4v) is 7.38. The zero-order valence-electron chi connectivity index (χ0n) is 17.4.